The van der Waals surface area contributed by atoms with Gasteiger partial charge in [-0.05, 0) is 24.3 Å². The molecule has 1 aliphatic heterocycles. The largest absolute Gasteiger partial charge is 0.506 e. The Balaban J connectivity index is 2.27. The van der Waals surface area contributed by atoms with E-state index in [0.717, 1.165) is 4.90 Å². The van der Waals surface area contributed by atoms with E-state index < -0.39 is 11.8 Å². The number of aliphatic hydroxyl groups is 1. The second-order valence-electron chi connectivity index (χ2n) is 4.79. The maximum atomic E-state index is 12.6. The van der Waals surface area contributed by atoms with Gasteiger partial charge >= 0.3 is 0 Å². The number of carbonyl (C=O) groups excluding carboxylic acids is 2. The van der Waals surface area contributed by atoms with Gasteiger partial charge in [0.05, 0.1) is 11.3 Å². The lowest BCUT2D eigenvalue weighted by Gasteiger charge is -2.12. The van der Waals surface area contributed by atoms with Crippen LogP contribution in [-0.2, 0) is 9.59 Å². The van der Waals surface area contributed by atoms with Crippen LogP contribution >= 0.6 is 11.6 Å². The molecule has 2 aromatic rings. The summed E-state index contributed by atoms with van der Waals surface area (Å²) < 4.78 is 0. The molecule has 5 nitrogen and oxygen atoms in total. The summed E-state index contributed by atoms with van der Waals surface area (Å²) in [6.07, 6.45) is 3.01. The Bertz CT molecular complexity index is 815. The van der Waals surface area contributed by atoms with E-state index in [4.69, 9.17) is 11.6 Å². The fraction of sp³-hybridized carbons (Fsp3) is 0.0625. The summed E-state index contributed by atoms with van der Waals surface area (Å²) in [5.74, 6) is -1.24. The topological polar surface area (TPSA) is 70.5 Å². The van der Waals surface area contributed by atoms with Gasteiger partial charge in [0.25, 0.3) is 5.91 Å². The van der Waals surface area contributed by atoms with Crippen LogP contribution in [0.15, 0.2) is 42.7 Å². The van der Waals surface area contributed by atoms with Crippen LogP contribution < -0.4 is 4.90 Å². The molecule has 0 unspecified atom stereocenters. The summed E-state index contributed by atoms with van der Waals surface area (Å²) in [6, 6.07) is 8.03. The number of imide groups is 1. The van der Waals surface area contributed by atoms with Crippen molar-refractivity contribution in [3.63, 3.8) is 0 Å². The molecule has 1 aliphatic rings. The molecule has 1 aromatic heterocycles. The lowest BCUT2D eigenvalue weighted by atomic mass is 10.0. The number of pyridine rings is 1. The molecule has 1 aromatic carbocycles. The number of halogens is 1. The van der Waals surface area contributed by atoms with E-state index >= 15 is 0 Å². The first-order chi connectivity index (χ1) is 10.5. The summed E-state index contributed by atoms with van der Waals surface area (Å²) in [5.41, 5.74) is 1.30. The highest BCUT2D eigenvalue weighted by molar-refractivity contribution is 6.43. The number of rotatable bonds is 1. The van der Waals surface area contributed by atoms with Gasteiger partial charge in [-0.15, -0.1) is 0 Å². The van der Waals surface area contributed by atoms with Crippen molar-refractivity contribution in [2.45, 2.75) is 6.92 Å². The zero-order valence-electron chi connectivity index (χ0n) is 11.6. The van der Waals surface area contributed by atoms with Crippen molar-refractivity contribution < 1.29 is 14.7 Å². The van der Waals surface area contributed by atoms with Gasteiger partial charge in [-0.2, -0.15) is 0 Å². The molecule has 0 fully saturated rings. The molecule has 0 atom stereocenters. The van der Waals surface area contributed by atoms with Gasteiger partial charge in [-0.25, -0.2) is 4.90 Å². The van der Waals surface area contributed by atoms with Crippen LogP contribution in [0.4, 0.5) is 5.69 Å². The smallest absolute Gasteiger partial charge is 0.269 e. The average Bonchev–Trinajstić information content (AvgIpc) is 2.78. The van der Waals surface area contributed by atoms with E-state index in [9.17, 15) is 14.7 Å². The van der Waals surface area contributed by atoms with Gasteiger partial charge < -0.3 is 5.11 Å². The second-order valence-corrected chi connectivity index (χ2v) is 5.22. The Morgan fingerprint density at radius 1 is 1.32 bits per heavy atom. The molecular weight excluding hydrogens is 304 g/mol. The van der Waals surface area contributed by atoms with Crippen LogP contribution in [-0.4, -0.2) is 21.9 Å². The second kappa shape index (κ2) is 5.27. The monoisotopic (exact) mass is 314 g/mol. The first-order valence-electron chi connectivity index (χ1n) is 6.49. The number of aliphatic hydroxyl groups excluding tert-OH is 1. The Morgan fingerprint density at radius 3 is 2.73 bits per heavy atom. The van der Waals surface area contributed by atoms with E-state index in [1.54, 1.807) is 30.5 Å². The van der Waals surface area contributed by atoms with Gasteiger partial charge in [-0.1, -0.05) is 17.7 Å². The molecule has 22 heavy (non-hydrogen) atoms. The number of anilines is 1. The molecule has 0 radical (unpaired) electrons. The van der Waals surface area contributed by atoms with E-state index in [0.29, 0.717) is 21.8 Å². The summed E-state index contributed by atoms with van der Waals surface area (Å²) in [6.45, 7) is 1.28. The van der Waals surface area contributed by atoms with Crippen LogP contribution in [0.25, 0.3) is 11.3 Å². The first-order valence-corrected chi connectivity index (χ1v) is 6.87. The molecule has 110 valence electrons. The molecule has 6 heteroatoms. The first kappa shape index (κ1) is 14.3. The molecule has 3 rings (SSSR count). The number of nitrogens with zero attached hydrogens (tertiary/aromatic N) is 2. The molecule has 0 saturated heterocycles. The highest BCUT2D eigenvalue weighted by atomic mass is 35.5. The van der Waals surface area contributed by atoms with Crippen LogP contribution in [0.1, 0.15) is 18.1 Å². The van der Waals surface area contributed by atoms with Crippen molar-refractivity contribution in [2.24, 2.45) is 0 Å². The van der Waals surface area contributed by atoms with Crippen molar-refractivity contribution in [3.8, 4) is 0 Å². The molecular formula is C16H11ClN2O3. The molecule has 2 heterocycles. The van der Waals surface area contributed by atoms with E-state index in [1.807, 2.05) is 0 Å². The number of aromatic nitrogens is 1. The predicted octanol–water partition coefficient (Wildman–Crippen LogP) is 3.05. The summed E-state index contributed by atoms with van der Waals surface area (Å²) >= 11 is 5.95. The van der Waals surface area contributed by atoms with Crippen LogP contribution in [0.2, 0.25) is 5.02 Å². The summed E-state index contributed by atoms with van der Waals surface area (Å²) in [5, 5.41) is 10.9. The maximum Gasteiger partial charge on any atom is 0.269 e. The van der Waals surface area contributed by atoms with Crippen LogP contribution in [0.3, 0.4) is 0 Å². The zero-order chi connectivity index (χ0) is 15.9. The van der Waals surface area contributed by atoms with Gasteiger partial charge in [0.1, 0.15) is 5.76 Å². The average molecular weight is 315 g/mol. The fourth-order valence-corrected chi connectivity index (χ4v) is 2.59. The Morgan fingerprint density at radius 2 is 2.09 bits per heavy atom. The Labute approximate surface area is 131 Å². The quantitative estimate of drug-likeness (QED) is 0.648. The highest BCUT2D eigenvalue weighted by Gasteiger charge is 2.37. The van der Waals surface area contributed by atoms with Gasteiger partial charge in [0.15, 0.2) is 0 Å². The number of amides is 2. The van der Waals surface area contributed by atoms with Crippen LogP contribution in [0.5, 0.6) is 0 Å². The SMILES string of the molecule is CC(=O)N1C(=O)C(=C(O)c2cccnc2)c2ccc(Cl)cc21. The van der Waals surface area contributed by atoms with E-state index in [2.05, 4.69) is 4.98 Å². The molecule has 0 saturated carbocycles. The van der Waals surface area contributed by atoms with E-state index in [-0.39, 0.29) is 11.3 Å². The number of hydrogen-bond acceptors (Lipinski definition) is 4. The highest BCUT2D eigenvalue weighted by Crippen LogP contribution is 2.41. The molecule has 0 aliphatic carbocycles. The minimum absolute atomic E-state index is 0.0647. The lowest BCUT2D eigenvalue weighted by Crippen LogP contribution is -2.31. The third-order valence-electron chi connectivity index (χ3n) is 3.37. The number of carbonyl (C=O) groups is 2. The van der Waals surface area contributed by atoms with E-state index in [1.165, 1.54) is 19.2 Å². The fourth-order valence-electron chi connectivity index (χ4n) is 2.43. The van der Waals surface area contributed by atoms with Crippen molar-refractivity contribution in [2.75, 3.05) is 4.90 Å². The van der Waals surface area contributed by atoms with Gasteiger partial charge in [-0.3, -0.25) is 14.6 Å². The summed E-state index contributed by atoms with van der Waals surface area (Å²) in [4.78, 5) is 29.3. The predicted molar refractivity (Wildman–Crippen MR) is 83.3 cm³/mol. The maximum absolute atomic E-state index is 12.6. The third kappa shape index (κ3) is 2.16. The number of fused-ring (bicyclic) bond motifs is 1. The Hall–Kier alpha value is -2.66. The van der Waals surface area contributed by atoms with Crippen molar-refractivity contribution in [1.29, 1.82) is 0 Å². The normalized spacial score (nSPS) is 15.7. The standard InChI is InChI=1S/C16H11ClN2O3/c1-9(20)19-13-7-11(17)4-5-12(13)14(16(19)22)15(21)10-3-2-6-18-8-10/h2-8,21H,1H3. The van der Waals surface area contributed by atoms with Gasteiger partial charge in [0, 0.05) is 35.5 Å². The summed E-state index contributed by atoms with van der Waals surface area (Å²) in [7, 11) is 0. The molecule has 0 bridgehead atoms. The molecule has 2 amide bonds. The third-order valence-corrected chi connectivity index (χ3v) is 3.61. The minimum atomic E-state index is -0.578. The molecule has 1 N–H and O–H groups in total. The van der Waals surface area contributed by atoms with Gasteiger partial charge in [0.2, 0.25) is 5.91 Å². The van der Waals surface area contributed by atoms with Crippen molar-refractivity contribution in [1.82, 2.24) is 4.98 Å². The Kier molecular flexibility index (Phi) is 3.42. The number of hydrogen-bond donors (Lipinski definition) is 1. The number of benzene rings is 1. The van der Waals surface area contributed by atoms with Crippen LogP contribution in [0, 0.1) is 0 Å². The molecule has 0 spiro atoms. The lowest BCUT2D eigenvalue weighted by molar-refractivity contribution is -0.122. The van der Waals surface area contributed by atoms with Crippen molar-refractivity contribution in [3.05, 3.63) is 58.9 Å². The minimum Gasteiger partial charge on any atom is -0.506 e. The van der Waals surface area contributed by atoms with Crippen molar-refractivity contribution >= 4 is 40.4 Å². The zero-order valence-corrected chi connectivity index (χ0v) is 12.3.